The van der Waals surface area contributed by atoms with Gasteiger partial charge in [-0.3, -0.25) is 4.79 Å². The van der Waals surface area contributed by atoms with Crippen LogP contribution in [0.2, 0.25) is 0 Å². The molecule has 0 saturated carbocycles. The van der Waals surface area contributed by atoms with Crippen LogP contribution in [-0.2, 0) is 4.79 Å². The molecule has 1 aromatic heterocycles. The molecule has 1 amide bonds. The Hall–Kier alpha value is -1.56. The zero-order valence-electron chi connectivity index (χ0n) is 9.78. The van der Waals surface area contributed by atoms with E-state index in [1.54, 1.807) is 6.07 Å². The first-order valence-corrected chi connectivity index (χ1v) is 6.09. The first-order valence-electron chi connectivity index (χ1n) is 5.27. The summed E-state index contributed by atoms with van der Waals surface area (Å²) in [6.45, 7) is 4.41. The Morgan fingerprint density at radius 2 is 2.24 bits per heavy atom. The molecule has 5 nitrogen and oxygen atoms in total. The lowest BCUT2D eigenvalue weighted by molar-refractivity contribution is -0.121. The van der Waals surface area contributed by atoms with Crippen LogP contribution in [-0.4, -0.2) is 30.1 Å². The highest BCUT2D eigenvalue weighted by atomic mass is 32.1. The van der Waals surface area contributed by atoms with E-state index in [-0.39, 0.29) is 23.8 Å². The van der Waals surface area contributed by atoms with E-state index in [1.807, 2.05) is 13.8 Å². The fraction of sp³-hybridized carbons (Fsp3) is 0.455. The van der Waals surface area contributed by atoms with Crippen LogP contribution in [0.3, 0.4) is 0 Å². The van der Waals surface area contributed by atoms with E-state index in [2.05, 4.69) is 5.32 Å². The maximum atomic E-state index is 11.2. The zero-order valence-corrected chi connectivity index (χ0v) is 10.6. The van der Waals surface area contributed by atoms with Gasteiger partial charge in [-0.25, -0.2) is 4.79 Å². The number of carboxylic acids is 1. The molecule has 17 heavy (non-hydrogen) atoms. The van der Waals surface area contributed by atoms with E-state index >= 15 is 0 Å². The van der Waals surface area contributed by atoms with E-state index in [0.717, 1.165) is 4.88 Å². The Labute approximate surface area is 103 Å². The fourth-order valence-electron chi connectivity index (χ4n) is 1.29. The van der Waals surface area contributed by atoms with Crippen molar-refractivity contribution in [1.29, 1.82) is 0 Å². The molecule has 0 fully saturated rings. The highest BCUT2D eigenvalue weighted by molar-refractivity contribution is 7.14. The summed E-state index contributed by atoms with van der Waals surface area (Å²) in [4.78, 5) is 23.1. The third-order valence-electron chi connectivity index (χ3n) is 1.98. The Balaban J connectivity index is 2.51. The van der Waals surface area contributed by atoms with Crippen LogP contribution >= 0.6 is 11.3 Å². The number of carboxylic acid groups (broad SMARTS) is 1. The molecule has 0 aliphatic heterocycles. The van der Waals surface area contributed by atoms with Gasteiger partial charge in [0.05, 0.1) is 13.0 Å². The summed E-state index contributed by atoms with van der Waals surface area (Å²) in [7, 11) is 0. The minimum atomic E-state index is -1.00. The number of aromatic carboxylic acids is 1. The summed E-state index contributed by atoms with van der Waals surface area (Å²) in [6.07, 6.45) is 0.224. The highest BCUT2D eigenvalue weighted by Gasteiger charge is 2.15. The Morgan fingerprint density at radius 1 is 1.53 bits per heavy atom. The number of carbonyl (C=O) groups is 2. The molecule has 0 aliphatic carbocycles. The Morgan fingerprint density at radius 3 is 2.82 bits per heavy atom. The van der Waals surface area contributed by atoms with E-state index in [0.29, 0.717) is 12.3 Å². The molecule has 0 bridgehead atoms. The molecule has 0 spiro atoms. The molecular formula is C11H15NO4S. The van der Waals surface area contributed by atoms with Gasteiger partial charge in [0.1, 0.15) is 5.75 Å². The number of nitrogens with one attached hydrogen (secondary N) is 1. The fourth-order valence-corrected chi connectivity index (χ4v) is 2.08. The summed E-state index contributed by atoms with van der Waals surface area (Å²) in [5.74, 6) is -0.767. The first-order chi connectivity index (χ1) is 8.04. The molecule has 94 valence electrons. The quantitative estimate of drug-likeness (QED) is 0.812. The molecule has 0 aliphatic rings. The van der Waals surface area contributed by atoms with Crippen LogP contribution in [0.15, 0.2) is 6.07 Å². The molecule has 0 saturated heterocycles. The number of rotatable bonds is 6. The van der Waals surface area contributed by atoms with E-state index in [4.69, 9.17) is 9.84 Å². The minimum absolute atomic E-state index is 0.101. The number of carbonyl (C=O) groups excluding carboxylic acids is 1. The van der Waals surface area contributed by atoms with Gasteiger partial charge >= 0.3 is 5.97 Å². The number of thiophene rings is 1. The van der Waals surface area contributed by atoms with Crippen molar-refractivity contribution >= 4 is 23.2 Å². The molecule has 1 aromatic rings. The van der Waals surface area contributed by atoms with Crippen LogP contribution < -0.4 is 10.1 Å². The number of hydrogen-bond donors (Lipinski definition) is 2. The molecule has 0 unspecified atom stereocenters. The lowest BCUT2D eigenvalue weighted by atomic mass is 10.4. The van der Waals surface area contributed by atoms with Crippen molar-refractivity contribution < 1.29 is 19.4 Å². The third-order valence-corrected chi connectivity index (χ3v) is 3.00. The van der Waals surface area contributed by atoms with Gasteiger partial charge in [-0.15, -0.1) is 11.3 Å². The summed E-state index contributed by atoms with van der Waals surface area (Å²) < 4.78 is 5.31. The van der Waals surface area contributed by atoms with Crippen LogP contribution in [0.4, 0.5) is 0 Å². The molecule has 0 atom stereocenters. The van der Waals surface area contributed by atoms with Gasteiger partial charge in [0.2, 0.25) is 5.91 Å². The molecule has 1 rings (SSSR count). The second-order valence-electron chi connectivity index (χ2n) is 3.41. The standard InChI is InChI=1S/C11H15NO4S/c1-3-12-9(13)4-5-16-8-6-7(2)17-10(8)11(14)15/h6H,3-5H2,1-2H3,(H,12,13)(H,14,15). The summed E-state index contributed by atoms with van der Waals surface area (Å²) in [5.41, 5.74) is 0. The molecule has 2 N–H and O–H groups in total. The van der Waals surface area contributed by atoms with Gasteiger partial charge in [0.25, 0.3) is 0 Å². The van der Waals surface area contributed by atoms with E-state index < -0.39 is 5.97 Å². The van der Waals surface area contributed by atoms with Crippen LogP contribution in [0.25, 0.3) is 0 Å². The predicted molar refractivity (Wildman–Crippen MR) is 64.8 cm³/mol. The molecule has 0 radical (unpaired) electrons. The smallest absolute Gasteiger partial charge is 0.349 e. The van der Waals surface area contributed by atoms with Crippen LogP contribution in [0, 0.1) is 6.92 Å². The van der Waals surface area contributed by atoms with Crippen molar-refractivity contribution in [3.63, 3.8) is 0 Å². The maximum absolute atomic E-state index is 11.2. The highest BCUT2D eigenvalue weighted by Crippen LogP contribution is 2.28. The summed E-state index contributed by atoms with van der Waals surface area (Å²) >= 11 is 1.17. The second-order valence-corrected chi connectivity index (χ2v) is 4.66. The topological polar surface area (TPSA) is 75.6 Å². The number of aryl methyl sites for hydroxylation is 1. The lowest BCUT2D eigenvalue weighted by Crippen LogP contribution is -2.24. The molecule has 1 heterocycles. The number of ether oxygens (including phenoxy) is 1. The van der Waals surface area contributed by atoms with Crippen molar-refractivity contribution in [2.45, 2.75) is 20.3 Å². The van der Waals surface area contributed by atoms with Gasteiger partial charge in [-0.05, 0) is 19.9 Å². The monoisotopic (exact) mass is 257 g/mol. The van der Waals surface area contributed by atoms with Gasteiger partial charge in [-0.1, -0.05) is 0 Å². The van der Waals surface area contributed by atoms with Gasteiger partial charge in [0, 0.05) is 11.4 Å². The van der Waals surface area contributed by atoms with Crippen molar-refractivity contribution in [3.05, 3.63) is 15.8 Å². The largest absolute Gasteiger partial charge is 0.491 e. The Kier molecular flexibility index (Phi) is 4.96. The summed E-state index contributed by atoms with van der Waals surface area (Å²) in [6, 6.07) is 1.67. The normalized spacial score (nSPS) is 10.0. The molecular weight excluding hydrogens is 242 g/mol. The zero-order chi connectivity index (χ0) is 12.8. The van der Waals surface area contributed by atoms with Crippen molar-refractivity contribution in [2.24, 2.45) is 0 Å². The van der Waals surface area contributed by atoms with Crippen LogP contribution in [0.1, 0.15) is 27.9 Å². The van der Waals surface area contributed by atoms with Gasteiger partial charge < -0.3 is 15.2 Å². The summed E-state index contributed by atoms with van der Waals surface area (Å²) in [5, 5.41) is 11.6. The third kappa shape index (κ3) is 4.07. The second kappa shape index (κ2) is 6.24. The minimum Gasteiger partial charge on any atom is -0.491 e. The first kappa shape index (κ1) is 13.5. The maximum Gasteiger partial charge on any atom is 0.349 e. The molecule has 6 heteroatoms. The van der Waals surface area contributed by atoms with Crippen molar-refractivity contribution in [3.8, 4) is 5.75 Å². The van der Waals surface area contributed by atoms with Gasteiger partial charge in [0.15, 0.2) is 4.88 Å². The predicted octanol–water partition coefficient (Wildman–Crippen LogP) is 1.66. The average Bonchev–Trinajstić information content (AvgIpc) is 2.60. The molecule has 0 aromatic carbocycles. The van der Waals surface area contributed by atoms with E-state index in [9.17, 15) is 9.59 Å². The van der Waals surface area contributed by atoms with Gasteiger partial charge in [-0.2, -0.15) is 0 Å². The van der Waals surface area contributed by atoms with Crippen LogP contribution in [0.5, 0.6) is 5.75 Å². The lowest BCUT2D eigenvalue weighted by Gasteiger charge is -2.05. The number of amides is 1. The Bertz CT molecular complexity index is 414. The number of hydrogen-bond acceptors (Lipinski definition) is 4. The SMILES string of the molecule is CCNC(=O)CCOc1cc(C)sc1C(=O)O. The van der Waals surface area contributed by atoms with E-state index in [1.165, 1.54) is 11.3 Å². The van der Waals surface area contributed by atoms with Crippen molar-refractivity contribution in [1.82, 2.24) is 5.32 Å². The van der Waals surface area contributed by atoms with Crippen molar-refractivity contribution in [2.75, 3.05) is 13.2 Å². The average molecular weight is 257 g/mol.